The average Bonchev–Trinajstić information content (AvgIpc) is 2.90. The summed E-state index contributed by atoms with van der Waals surface area (Å²) < 4.78 is 21.4. The minimum Gasteiger partial charge on any atom is -0.394 e. The van der Waals surface area contributed by atoms with Crippen molar-refractivity contribution in [2.45, 2.75) is 193 Å². The van der Waals surface area contributed by atoms with Crippen LogP contribution in [0.3, 0.4) is 0 Å². The molecule has 11 N–H and O–H groups in total. The maximum Gasteiger partial charge on any atom is 0.180 e. The largest absolute Gasteiger partial charge is 0.394 e. The fraction of sp³-hybridized carbons (Fsp3) is 0.970. The molecule has 0 radical (unpaired) electrons. The minimum absolute atomic E-state index is 0. The normalized spacial score (nSPS) is 49.0. The molecular weight excluding hydrogens is 598 g/mol. The van der Waals surface area contributed by atoms with E-state index in [-0.39, 0.29) is 68.5 Å². The number of carbonyl (C=O) groups is 1. The number of carbonyl (C=O) groups excluding carboxylic acids is 1. The van der Waals surface area contributed by atoms with E-state index < -0.39 is 47.1 Å². The molecule has 0 aromatic rings. The smallest absolute Gasteiger partial charge is 0.180 e. The van der Waals surface area contributed by atoms with Gasteiger partial charge >= 0.3 is 0 Å². The Labute approximate surface area is 277 Å². The molecule has 4 rings (SSSR count). The Kier molecular flexibility index (Phi) is 17.9. The molecule has 4 aliphatic rings. The van der Waals surface area contributed by atoms with Crippen LogP contribution in [0.4, 0.5) is 0 Å². The number of ether oxygens (including phenoxy) is 4. The Morgan fingerprint density at radius 2 is 1.04 bits per heavy atom. The number of hydrogen-bond donors (Lipinski definition) is 8. The number of ketones is 1. The summed E-state index contributed by atoms with van der Waals surface area (Å²) in [5.74, 6) is -0.0848. The molecule has 4 aliphatic heterocycles. The fourth-order valence-corrected chi connectivity index (χ4v) is 6.59. The summed E-state index contributed by atoms with van der Waals surface area (Å²) in [5.41, 5.74) is 15.9. The van der Waals surface area contributed by atoms with E-state index in [2.05, 4.69) is 0 Å². The second-order valence-electron chi connectivity index (χ2n) is 14.6. The van der Waals surface area contributed by atoms with E-state index in [9.17, 15) is 25.2 Å². The quantitative estimate of drug-likeness (QED) is 0.193. The number of Topliss-reactive ketones (excluding diaryl/α,β-unsaturated/α-hetero) is 1. The summed E-state index contributed by atoms with van der Waals surface area (Å²) >= 11 is 0. The maximum atomic E-state index is 11.3. The van der Waals surface area contributed by atoms with Gasteiger partial charge in [0.05, 0.1) is 67.1 Å². The molecule has 276 valence electrons. The molecule has 0 spiro atoms. The van der Waals surface area contributed by atoms with Gasteiger partial charge in [-0.05, 0) is 88.5 Å². The first kappa shape index (κ1) is 45.2. The van der Waals surface area contributed by atoms with Gasteiger partial charge in [0.25, 0.3) is 0 Å². The number of aliphatic hydroxyl groups excluding tert-OH is 5. The van der Waals surface area contributed by atoms with Gasteiger partial charge in [-0.25, -0.2) is 0 Å². The monoisotopic (exact) mass is 667 g/mol. The lowest BCUT2D eigenvalue weighted by Crippen LogP contribution is -2.59. The van der Waals surface area contributed by atoms with Crippen molar-refractivity contribution in [3.8, 4) is 0 Å². The van der Waals surface area contributed by atoms with Crippen molar-refractivity contribution in [1.82, 2.24) is 0 Å². The number of nitrogens with two attached hydrogens (primary N) is 3. The van der Waals surface area contributed by atoms with E-state index >= 15 is 0 Å². The van der Waals surface area contributed by atoms with Gasteiger partial charge in [0, 0.05) is 17.0 Å². The summed E-state index contributed by atoms with van der Waals surface area (Å²) in [6, 6.07) is 0. The van der Waals surface area contributed by atoms with E-state index in [1.165, 1.54) is 0 Å². The zero-order valence-electron chi connectivity index (χ0n) is 29.3. The molecule has 46 heavy (non-hydrogen) atoms. The van der Waals surface area contributed by atoms with E-state index in [4.69, 9.17) is 41.3 Å². The van der Waals surface area contributed by atoms with Crippen molar-refractivity contribution in [2.24, 2.45) is 23.1 Å². The standard InChI is InChI=1S/2C8H17NO2.C8H15NO2.C8H16O4.CH4/c3*1-5-4-8(3,9)7(10)6(2)11-5;1-4-5(2)12-6(3-9)8(11)7(4)10;/h2*5-7,10H,4,9H2,1-3H3;5-6H,4,9H2,1-3H3;4-11H,3H2,1-2H3;1H4/t5-,6?,7+,8?;5-,6?,7-,8?;5-,6?,8?;4?,5-,6?,7?,8-;/m0000./s1. The van der Waals surface area contributed by atoms with Crippen LogP contribution in [0.2, 0.25) is 0 Å². The molecule has 4 saturated heterocycles. The van der Waals surface area contributed by atoms with Gasteiger partial charge in [-0.1, -0.05) is 14.4 Å². The number of hydrogen-bond acceptors (Lipinski definition) is 13. The Morgan fingerprint density at radius 1 is 0.652 bits per heavy atom. The van der Waals surface area contributed by atoms with Crippen LogP contribution < -0.4 is 17.2 Å². The van der Waals surface area contributed by atoms with Crippen molar-refractivity contribution < 1.29 is 49.3 Å². The highest BCUT2D eigenvalue weighted by molar-refractivity contribution is 5.92. The predicted molar refractivity (Wildman–Crippen MR) is 178 cm³/mol. The lowest BCUT2D eigenvalue weighted by molar-refractivity contribution is -0.200. The predicted octanol–water partition coefficient (Wildman–Crippen LogP) is 0.754. The van der Waals surface area contributed by atoms with Crippen molar-refractivity contribution in [1.29, 1.82) is 0 Å². The lowest BCUT2D eigenvalue weighted by atomic mass is 9.84. The topological polar surface area (TPSA) is 233 Å². The SMILES string of the molecule is C.CC1C(O)[C@@H](O)C(CO)O[C@H]1C.CC1O[C@@H](C)CC(C)(N)C1=O.CC1O[C@@H](C)CC(C)(N)[C@@H]1O.CC1O[C@@H](C)CC(C)(N)[C@H]1O. The van der Waals surface area contributed by atoms with E-state index in [0.29, 0.717) is 6.42 Å². The average molecular weight is 668 g/mol. The maximum absolute atomic E-state index is 11.3. The van der Waals surface area contributed by atoms with Crippen LogP contribution in [-0.2, 0) is 23.7 Å². The molecule has 4 heterocycles. The molecule has 4 fully saturated rings. The van der Waals surface area contributed by atoms with Gasteiger partial charge in [0.1, 0.15) is 18.3 Å². The van der Waals surface area contributed by atoms with E-state index in [1.54, 1.807) is 13.8 Å². The molecular formula is C33H69N3O10. The summed E-state index contributed by atoms with van der Waals surface area (Å²) in [6.45, 7) is 20.2. The molecule has 13 nitrogen and oxygen atoms in total. The Balaban J connectivity index is 0.000000583. The second kappa shape index (κ2) is 18.3. The van der Waals surface area contributed by atoms with Crippen LogP contribution in [-0.4, -0.2) is 128 Å². The molecule has 0 aliphatic carbocycles. The first-order valence-corrected chi connectivity index (χ1v) is 16.2. The number of rotatable bonds is 1. The van der Waals surface area contributed by atoms with Gasteiger partial charge in [-0.15, -0.1) is 0 Å². The highest BCUT2D eigenvalue weighted by Gasteiger charge is 2.42. The molecule has 0 bridgehead atoms. The van der Waals surface area contributed by atoms with Crippen LogP contribution in [0.15, 0.2) is 0 Å². The second-order valence-corrected chi connectivity index (χ2v) is 14.6. The van der Waals surface area contributed by atoms with Crippen molar-refractivity contribution in [2.75, 3.05) is 6.61 Å². The summed E-state index contributed by atoms with van der Waals surface area (Å²) in [4.78, 5) is 11.3. The van der Waals surface area contributed by atoms with Crippen LogP contribution in [0.5, 0.6) is 0 Å². The molecule has 9 unspecified atom stereocenters. The van der Waals surface area contributed by atoms with Gasteiger partial charge in [0.15, 0.2) is 5.78 Å². The van der Waals surface area contributed by atoms with Gasteiger partial charge < -0.3 is 61.7 Å². The van der Waals surface area contributed by atoms with Crippen molar-refractivity contribution in [3.05, 3.63) is 0 Å². The van der Waals surface area contributed by atoms with Gasteiger partial charge in [0.2, 0.25) is 0 Å². The van der Waals surface area contributed by atoms with Crippen LogP contribution in [0, 0.1) is 5.92 Å². The molecule has 0 aromatic heterocycles. The first-order valence-electron chi connectivity index (χ1n) is 16.2. The zero-order chi connectivity index (χ0) is 35.2. The van der Waals surface area contributed by atoms with Crippen LogP contribution in [0.25, 0.3) is 0 Å². The Morgan fingerprint density at radius 3 is 1.39 bits per heavy atom. The summed E-state index contributed by atoms with van der Waals surface area (Å²) in [6.07, 6.45) is -1.79. The molecule has 0 amide bonds. The minimum atomic E-state index is -0.971. The Hall–Kier alpha value is -0.810. The van der Waals surface area contributed by atoms with Gasteiger partial charge in [-0.2, -0.15) is 0 Å². The van der Waals surface area contributed by atoms with Crippen LogP contribution >= 0.6 is 0 Å². The summed E-state index contributed by atoms with van der Waals surface area (Å²) in [5, 5.41) is 46.8. The highest BCUT2D eigenvalue weighted by Crippen LogP contribution is 2.28. The number of aliphatic hydroxyl groups is 5. The molecule has 13 heteroatoms. The third-order valence-corrected chi connectivity index (χ3v) is 9.25. The Bertz CT molecular complexity index is 868. The fourth-order valence-electron chi connectivity index (χ4n) is 6.59. The third-order valence-electron chi connectivity index (χ3n) is 9.25. The lowest BCUT2D eigenvalue weighted by Gasteiger charge is -2.42. The van der Waals surface area contributed by atoms with E-state index in [1.807, 2.05) is 62.3 Å². The van der Waals surface area contributed by atoms with Crippen molar-refractivity contribution >= 4 is 5.78 Å². The zero-order valence-corrected chi connectivity index (χ0v) is 29.3. The summed E-state index contributed by atoms with van der Waals surface area (Å²) in [7, 11) is 0. The first-order chi connectivity index (χ1) is 20.4. The highest BCUT2D eigenvalue weighted by atomic mass is 16.5. The van der Waals surface area contributed by atoms with Crippen molar-refractivity contribution in [3.63, 3.8) is 0 Å². The molecule has 0 saturated carbocycles. The van der Waals surface area contributed by atoms with Gasteiger partial charge in [-0.3, -0.25) is 4.79 Å². The van der Waals surface area contributed by atoms with E-state index in [0.717, 1.165) is 12.8 Å². The third kappa shape index (κ3) is 12.6. The molecule has 16 atom stereocenters. The van der Waals surface area contributed by atoms with Crippen LogP contribution in [0.1, 0.15) is 103 Å². The molecule has 0 aromatic carbocycles.